The second-order valence-electron chi connectivity index (χ2n) is 14.8. The van der Waals surface area contributed by atoms with Crippen LogP contribution in [0.3, 0.4) is 0 Å². The van der Waals surface area contributed by atoms with Crippen LogP contribution in [0.5, 0.6) is 0 Å². The predicted molar refractivity (Wildman–Crippen MR) is 130 cm³/mol. The molecule has 2 spiro atoms. The topological polar surface area (TPSA) is 64.3 Å². The van der Waals surface area contributed by atoms with Gasteiger partial charge in [-0.05, 0) is 86.4 Å². The van der Waals surface area contributed by atoms with Crippen LogP contribution in [-0.4, -0.2) is 22.8 Å². The zero-order valence-electron chi connectivity index (χ0n) is 21.0. The Morgan fingerprint density at radius 3 is 1.48 bits per heavy atom. The second kappa shape index (κ2) is 5.89. The Kier molecular flexibility index (Phi) is 4.83. The van der Waals surface area contributed by atoms with Gasteiger partial charge < -0.3 is 15.8 Å². The summed E-state index contributed by atoms with van der Waals surface area (Å²) in [6, 6.07) is 0. The number of nitrogens with one attached hydrogen (secondary N) is 1. The molecule has 0 heterocycles. The summed E-state index contributed by atoms with van der Waals surface area (Å²) in [6.07, 6.45) is 7.42. The normalized spacial score (nSPS) is 48.6. The van der Waals surface area contributed by atoms with E-state index in [0.717, 1.165) is 12.8 Å². The third-order valence-electron chi connectivity index (χ3n) is 10.5. The molecule has 0 aliphatic heterocycles. The Labute approximate surface area is 201 Å². The van der Waals surface area contributed by atoms with E-state index < -0.39 is 5.60 Å². The van der Waals surface area contributed by atoms with Gasteiger partial charge in [-0.1, -0.05) is 41.5 Å². The summed E-state index contributed by atoms with van der Waals surface area (Å²) in [6.45, 7) is 19.8. The van der Waals surface area contributed by atoms with Crippen molar-refractivity contribution in [3.63, 3.8) is 0 Å². The number of hydrogen-bond acceptors (Lipinski definition) is 3. The average molecular weight is 476 g/mol. The molecule has 180 valence electrons. The minimum absolute atomic E-state index is 0. The number of ether oxygens (including phenoxy) is 1. The van der Waals surface area contributed by atoms with Gasteiger partial charge in [0, 0.05) is 11.0 Å². The maximum atomic E-state index is 11.9. The number of nitrogens with two attached hydrogens (primary N) is 1. The largest absolute Gasteiger partial charge is 0.444 e. The Morgan fingerprint density at radius 2 is 1.23 bits per heavy atom. The predicted octanol–water partition coefficient (Wildman–Crippen LogP) is 6.24. The lowest BCUT2D eigenvalue weighted by Gasteiger charge is -2.43. The van der Waals surface area contributed by atoms with Crippen LogP contribution >= 0.6 is 24.8 Å². The van der Waals surface area contributed by atoms with Gasteiger partial charge in [0.2, 0.25) is 0 Å². The maximum Gasteiger partial charge on any atom is 0.408 e. The van der Waals surface area contributed by atoms with Crippen molar-refractivity contribution in [1.29, 1.82) is 0 Å². The quantitative estimate of drug-likeness (QED) is 0.472. The molecule has 1 amide bonds. The first-order valence-electron chi connectivity index (χ1n) is 11.6. The number of alkyl carbamates (subject to hydrolysis) is 1. The van der Waals surface area contributed by atoms with Gasteiger partial charge in [0.25, 0.3) is 0 Å². The van der Waals surface area contributed by atoms with Crippen LogP contribution in [0, 0.1) is 32.5 Å². The molecule has 3 N–H and O–H groups in total. The van der Waals surface area contributed by atoms with Crippen LogP contribution < -0.4 is 11.1 Å². The molecular formula is C25H44Cl2N2O2. The molecule has 6 heteroatoms. The second-order valence-corrected chi connectivity index (χ2v) is 14.8. The average Bonchev–Trinajstić information content (AvgIpc) is 3.41. The van der Waals surface area contributed by atoms with E-state index in [9.17, 15) is 4.79 Å². The SMILES string of the molecule is CC(C)(C)C12CC3(N)CC31C2.CC(C)(C)OC(=O)NC12CC3(C(C)(C)C)CC13C2.Cl.Cl. The molecule has 0 aromatic carbocycles. The number of carbonyl (C=O) groups is 1. The molecule has 0 aromatic heterocycles. The van der Waals surface area contributed by atoms with Crippen molar-refractivity contribution in [2.75, 3.05) is 0 Å². The summed E-state index contributed by atoms with van der Waals surface area (Å²) >= 11 is 0. The smallest absolute Gasteiger partial charge is 0.408 e. The molecule has 6 aliphatic rings. The molecule has 6 rings (SSSR count). The van der Waals surface area contributed by atoms with Crippen LogP contribution in [0.4, 0.5) is 4.79 Å². The Hall–Kier alpha value is -0.190. The zero-order chi connectivity index (χ0) is 21.7. The first-order valence-corrected chi connectivity index (χ1v) is 11.6. The van der Waals surface area contributed by atoms with Gasteiger partial charge in [0.05, 0.1) is 5.54 Å². The molecule has 6 fully saturated rings. The van der Waals surface area contributed by atoms with Gasteiger partial charge >= 0.3 is 6.09 Å². The highest BCUT2D eigenvalue weighted by molar-refractivity contribution is 5.85. The van der Waals surface area contributed by atoms with Crippen molar-refractivity contribution in [3.8, 4) is 0 Å². The lowest BCUT2D eigenvalue weighted by molar-refractivity contribution is 0.0333. The molecule has 6 atom stereocenters. The van der Waals surface area contributed by atoms with Crippen LogP contribution in [0.2, 0.25) is 0 Å². The highest BCUT2D eigenvalue weighted by Crippen LogP contribution is 3.00. The molecule has 4 nitrogen and oxygen atoms in total. The van der Waals surface area contributed by atoms with Gasteiger partial charge in [0.15, 0.2) is 0 Å². The van der Waals surface area contributed by atoms with Crippen molar-refractivity contribution in [2.45, 2.75) is 118 Å². The first-order chi connectivity index (χ1) is 12.8. The van der Waals surface area contributed by atoms with E-state index in [1.807, 2.05) is 20.8 Å². The standard InChI is InChI=1S/C15H25NO2.C10H17N.2ClH/c1-11(2,3)13-7-14(13)9-15(14,8-13)16-10(17)18-12(4,5)6;1-7(2,3)8-4-9(8)6-10(9,11)5-8;;/h7-9H2,1-6H3,(H,16,17);4-6,11H2,1-3H3;2*1H. The van der Waals surface area contributed by atoms with E-state index in [2.05, 4.69) is 46.9 Å². The summed E-state index contributed by atoms with van der Waals surface area (Å²) in [5, 5.41) is 3.14. The lowest BCUT2D eigenvalue weighted by atomic mass is 9.65. The highest BCUT2D eigenvalue weighted by Gasteiger charge is 2.99. The van der Waals surface area contributed by atoms with E-state index >= 15 is 0 Å². The zero-order valence-corrected chi connectivity index (χ0v) is 22.6. The Morgan fingerprint density at radius 1 is 0.742 bits per heavy atom. The number of halogens is 2. The molecule has 31 heavy (non-hydrogen) atoms. The maximum absolute atomic E-state index is 11.9. The lowest BCUT2D eigenvalue weighted by Crippen LogP contribution is -2.51. The van der Waals surface area contributed by atoms with Gasteiger partial charge in [-0.15, -0.1) is 24.8 Å². The van der Waals surface area contributed by atoms with E-state index in [4.69, 9.17) is 10.5 Å². The van der Waals surface area contributed by atoms with Crippen molar-refractivity contribution in [3.05, 3.63) is 0 Å². The third-order valence-corrected chi connectivity index (χ3v) is 10.5. The fourth-order valence-corrected chi connectivity index (χ4v) is 8.62. The molecule has 6 saturated carbocycles. The van der Waals surface area contributed by atoms with Crippen LogP contribution in [0.15, 0.2) is 0 Å². The summed E-state index contributed by atoms with van der Waals surface area (Å²) in [5.74, 6) is 0. The number of rotatable bonds is 1. The van der Waals surface area contributed by atoms with Crippen molar-refractivity contribution >= 4 is 30.9 Å². The number of carbonyl (C=O) groups excluding carboxylic acids is 1. The first kappa shape index (κ1) is 25.4. The number of hydrogen-bond donors (Lipinski definition) is 2. The summed E-state index contributed by atoms with van der Waals surface area (Å²) < 4.78 is 5.37. The monoisotopic (exact) mass is 474 g/mol. The van der Waals surface area contributed by atoms with E-state index in [0.29, 0.717) is 38.0 Å². The van der Waals surface area contributed by atoms with Crippen molar-refractivity contribution < 1.29 is 9.53 Å². The van der Waals surface area contributed by atoms with Crippen molar-refractivity contribution in [2.24, 2.45) is 38.2 Å². The highest BCUT2D eigenvalue weighted by atomic mass is 35.5. The molecule has 6 aliphatic carbocycles. The van der Waals surface area contributed by atoms with Crippen LogP contribution in [0.25, 0.3) is 0 Å². The Bertz CT molecular complexity index is 827. The minimum atomic E-state index is -0.406. The van der Waals surface area contributed by atoms with Gasteiger partial charge in [-0.3, -0.25) is 0 Å². The van der Waals surface area contributed by atoms with Crippen LogP contribution in [0.1, 0.15) is 101 Å². The van der Waals surface area contributed by atoms with E-state index in [1.165, 1.54) is 25.7 Å². The van der Waals surface area contributed by atoms with Gasteiger partial charge in [0.1, 0.15) is 5.60 Å². The summed E-state index contributed by atoms with van der Waals surface area (Å²) in [7, 11) is 0. The summed E-state index contributed by atoms with van der Waals surface area (Å²) in [4.78, 5) is 11.9. The molecular weight excluding hydrogens is 431 g/mol. The van der Waals surface area contributed by atoms with Crippen LogP contribution in [-0.2, 0) is 4.74 Å². The molecule has 0 bridgehead atoms. The summed E-state index contributed by atoms with van der Waals surface area (Å²) in [5.41, 5.74) is 9.27. The number of amides is 1. The molecule has 6 unspecified atom stereocenters. The molecule has 0 aromatic rings. The minimum Gasteiger partial charge on any atom is -0.444 e. The molecule has 0 saturated heterocycles. The fraction of sp³-hybridized carbons (Fsp3) is 0.960. The van der Waals surface area contributed by atoms with Crippen molar-refractivity contribution in [1.82, 2.24) is 5.32 Å². The molecule has 0 radical (unpaired) electrons. The van der Waals surface area contributed by atoms with Gasteiger partial charge in [-0.2, -0.15) is 0 Å². The van der Waals surface area contributed by atoms with Gasteiger partial charge in [-0.25, -0.2) is 4.79 Å². The van der Waals surface area contributed by atoms with E-state index in [1.54, 1.807) is 0 Å². The fourth-order valence-electron chi connectivity index (χ4n) is 8.62. The third kappa shape index (κ3) is 2.74. The van der Waals surface area contributed by atoms with E-state index in [-0.39, 0.29) is 36.4 Å². The Balaban J connectivity index is 0.000000181.